The van der Waals surface area contributed by atoms with E-state index in [-0.39, 0.29) is 17.9 Å². The Morgan fingerprint density at radius 1 is 1.39 bits per heavy atom. The maximum Gasteiger partial charge on any atom is 0.227 e. The van der Waals surface area contributed by atoms with Gasteiger partial charge < -0.3 is 15.1 Å². The van der Waals surface area contributed by atoms with Gasteiger partial charge in [-0.1, -0.05) is 0 Å². The van der Waals surface area contributed by atoms with Gasteiger partial charge in [-0.05, 0) is 18.6 Å². The van der Waals surface area contributed by atoms with E-state index in [2.05, 4.69) is 4.90 Å². The molecule has 3 rings (SSSR count). The predicted octanol–water partition coefficient (Wildman–Crippen LogP) is 0.271. The van der Waals surface area contributed by atoms with Crippen molar-refractivity contribution in [2.24, 2.45) is 11.7 Å². The monoisotopic (exact) mass is 249 g/mol. The Kier molecular flexibility index (Phi) is 3.09. The molecule has 2 atom stereocenters. The lowest BCUT2D eigenvalue weighted by atomic mass is 10.2. The Labute approximate surface area is 107 Å². The zero-order valence-electron chi connectivity index (χ0n) is 10.4. The standard InChI is InChI=1S/C13H19N3O2/c14-12-8-11(12)13(17)16-5-3-15(4-6-16)9-10-2-1-7-18-10/h1-2,7,11-12H,3-6,8-9,14H2. The molecule has 0 aromatic carbocycles. The van der Waals surface area contributed by atoms with Gasteiger partial charge in [0.05, 0.1) is 18.7 Å². The Bertz CT molecular complexity index is 410. The molecule has 0 spiro atoms. The van der Waals surface area contributed by atoms with Crippen LogP contribution in [-0.4, -0.2) is 47.9 Å². The molecule has 2 fully saturated rings. The molecule has 2 aliphatic rings. The molecule has 1 saturated carbocycles. The average molecular weight is 249 g/mol. The van der Waals surface area contributed by atoms with Crippen LogP contribution in [0, 0.1) is 5.92 Å². The van der Waals surface area contributed by atoms with E-state index in [9.17, 15) is 4.79 Å². The summed E-state index contributed by atoms with van der Waals surface area (Å²) in [5, 5.41) is 0. The summed E-state index contributed by atoms with van der Waals surface area (Å²) in [4.78, 5) is 16.3. The summed E-state index contributed by atoms with van der Waals surface area (Å²) in [5.74, 6) is 1.33. The number of hydrogen-bond acceptors (Lipinski definition) is 4. The molecule has 2 N–H and O–H groups in total. The number of nitrogens with zero attached hydrogens (tertiary/aromatic N) is 2. The van der Waals surface area contributed by atoms with Crippen molar-refractivity contribution >= 4 is 5.91 Å². The van der Waals surface area contributed by atoms with Crippen molar-refractivity contribution < 1.29 is 9.21 Å². The molecule has 2 heterocycles. The fourth-order valence-electron chi connectivity index (χ4n) is 2.48. The van der Waals surface area contributed by atoms with Crippen molar-refractivity contribution in [2.75, 3.05) is 26.2 Å². The first-order valence-electron chi connectivity index (χ1n) is 6.53. The molecule has 1 aromatic rings. The van der Waals surface area contributed by atoms with E-state index in [1.807, 2.05) is 17.0 Å². The average Bonchev–Trinajstić information content (AvgIpc) is 2.89. The number of piperazine rings is 1. The van der Waals surface area contributed by atoms with E-state index in [0.29, 0.717) is 0 Å². The van der Waals surface area contributed by atoms with Gasteiger partial charge in [-0.3, -0.25) is 9.69 Å². The summed E-state index contributed by atoms with van der Waals surface area (Å²) in [5.41, 5.74) is 5.72. The van der Waals surface area contributed by atoms with Crippen molar-refractivity contribution in [1.29, 1.82) is 0 Å². The second kappa shape index (κ2) is 4.74. The van der Waals surface area contributed by atoms with E-state index in [4.69, 9.17) is 10.2 Å². The first-order valence-corrected chi connectivity index (χ1v) is 6.53. The normalized spacial score (nSPS) is 28.4. The van der Waals surface area contributed by atoms with Gasteiger partial charge in [0.1, 0.15) is 5.76 Å². The van der Waals surface area contributed by atoms with Crippen LogP contribution in [0.1, 0.15) is 12.2 Å². The van der Waals surface area contributed by atoms with Gasteiger partial charge in [-0.2, -0.15) is 0 Å². The summed E-state index contributed by atoms with van der Waals surface area (Å²) in [6.07, 6.45) is 2.56. The molecule has 1 aromatic heterocycles. The first-order chi connectivity index (χ1) is 8.74. The second-order valence-electron chi connectivity index (χ2n) is 5.19. The van der Waals surface area contributed by atoms with Crippen molar-refractivity contribution in [3.8, 4) is 0 Å². The molecular formula is C13H19N3O2. The topological polar surface area (TPSA) is 62.7 Å². The lowest BCUT2D eigenvalue weighted by Crippen LogP contribution is -2.49. The summed E-state index contributed by atoms with van der Waals surface area (Å²) in [6, 6.07) is 4.00. The van der Waals surface area contributed by atoms with E-state index in [1.165, 1.54) is 0 Å². The van der Waals surface area contributed by atoms with Crippen molar-refractivity contribution in [2.45, 2.75) is 19.0 Å². The number of carbonyl (C=O) groups excluding carboxylic acids is 1. The van der Waals surface area contributed by atoms with Crippen LogP contribution in [0.25, 0.3) is 0 Å². The number of nitrogens with two attached hydrogens (primary N) is 1. The molecule has 18 heavy (non-hydrogen) atoms. The molecule has 1 aliphatic heterocycles. The third-order valence-corrected chi connectivity index (χ3v) is 3.80. The van der Waals surface area contributed by atoms with Gasteiger partial charge in [0.15, 0.2) is 0 Å². The number of hydrogen-bond donors (Lipinski definition) is 1. The van der Waals surface area contributed by atoms with Gasteiger partial charge >= 0.3 is 0 Å². The molecule has 0 bridgehead atoms. The minimum atomic E-state index is 0.0987. The zero-order valence-corrected chi connectivity index (χ0v) is 10.4. The fourth-order valence-corrected chi connectivity index (χ4v) is 2.48. The van der Waals surface area contributed by atoms with E-state index < -0.39 is 0 Å². The van der Waals surface area contributed by atoms with E-state index in [1.54, 1.807) is 6.26 Å². The molecule has 98 valence electrons. The summed E-state index contributed by atoms with van der Waals surface area (Å²) in [7, 11) is 0. The maximum atomic E-state index is 12.0. The van der Waals surface area contributed by atoms with E-state index >= 15 is 0 Å². The molecule has 1 saturated heterocycles. The van der Waals surface area contributed by atoms with Crippen LogP contribution in [-0.2, 0) is 11.3 Å². The number of carbonyl (C=O) groups is 1. The molecule has 0 radical (unpaired) electrons. The highest BCUT2D eigenvalue weighted by Gasteiger charge is 2.42. The third-order valence-electron chi connectivity index (χ3n) is 3.80. The van der Waals surface area contributed by atoms with Gasteiger partial charge in [-0.15, -0.1) is 0 Å². The van der Waals surface area contributed by atoms with Gasteiger partial charge in [0.25, 0.3) is 0 Å². The number of amides is 1. The lowest BCUT2D eigenvalue weighted by Gasteiger charge is -2.34. The Morgan fingerprint density at radius 2 is 2.11 bits per heavy atom. The van der Waals surface area contributed by atoms with Crippen LogP contribution in [0.5, 0.6) is 0 Å². The molecule has 2 unspecified atom stereocenters. The predicted molar refractivity (Wildman–Crippen MR) is 66.6 cm³/mol. The summed E-state index contributed by atoms with van der Waals surface area (Å²) >= 11 is 0. The summed E-state index contributed by atoms with van der Waals surface area (Å²) < 4.78 is 5.33. The minimum Gasteiger partial charge on any atom is -0.468 e. The zero-order chi connectivity index (χ0) is 12.5. The van der Waals surface area contributed by atoms with Gasteiger partial charge in [0.2, 0.25) is 5.91 Å². The van der Waals surface area contributed by atoms with E-state index in [0.717, 1.165) is 44.9 Å². The van der Waals surface area contributed by atoms with Crippen LogP contribution < -0.4 is 5.73 Å². The van der Waals surface area contributed by atoms with Crippen LogP contribution >= 0.6 is 0 Å². The number of furan rings is 1. The third kappa shape index (κ3) is 2.42. The smallest absolute Gasteiger partial charge is 0.227 e. The lowest BCUT2D eigenvalue weighted by molar-refractivity contribution is -0.134. The molecular weight excluding hydrogens is 230 g/mol. The highest BCUT2D eigenvalue weighted by Crippen LogP contribution is 2.30. The molecule has 1 amide bonds. The Morgan fingerprint density at radius 3 is 2.67 bits per heavy atom. The Hall–Kier alpha value is -1.33. The van der Waals surface area contributed by atoms with Gasteiger partial charge in [0, 0.05) is 32.2 Å². The van der Waals surface area contributed by atoms with Crippen molar-refractivity contribution in [1.82, 2.24) is 9.80 Å². The molecule has 1 aliphatic carbocycles. The first kappa shape index (κ1) is 11.7. The highest BCUT2D eigenvalue weighted by molar-refractivity contribution is 5.82. The Balaban J connectivity index is 1.47. The van der Waals surface area contributed by atoms with Crippen LogP contribution in [0.2, 0.25) is 0 Å². The van der Waals surface area contributed by atoms with Crippen LogP contribution in [0.3, 0.4) is 0 Å². The fraction of sp³-hybridized carbons (Fsp3) is 0.615. The quantitative estimate of drug-likeness (QED) is 0.835. The second-order valence-corrected chi connectivity index (χ2v) is 5.19. The highest BCUT2D eigenvalue weighted by atomic mass is 16.3. The SMILES string of the molecule is NC1CC1C(=O)N1CCN(Cc2ccco2)CC1. The van der Waals surface area contributed by atoms with Crippen LogP contribution in [0.4, 0.5) is 0 Å². The van der Waals surface area contributed by atoms with Gasteiger partial charge in [-0.25, -0.2) is 0 Å². The largest absolute Gasteiger partial charge is 0.468 e. The summed E-state index contributed by atoms with van der Waals surface area (Å²) in [6.45, 7) is 4.27. The van der Waals surface area contributed by atoms with Crippen molar-refractivity contribution in [3.63, 3.8) is 0 Å². The van der Waals surface area contributed by atoms with Crippen LogP contribution in [0.15, 0.2) is 22.8 Å². The van der Waals surface area contributed by atoms with Crippen molar-refractivity contribution in [3.05, 3.63) is 24.2 Å². The molecule has 5 nitrogen and oxygen atoms in total. The molecule has 5 heteroatoms. The minimum absolute atomic E-state index is 0.0987. The number of rotatable bonds is 3. The maximum absolute atomic E-state index is 12.0.